The summed E-state index contributed by atoms with van der Waals surface area (Å²) < 4.78 is 26.3. The minimum absolute atomic E-state index is 0.267. The summed E-state index contributed by atoms with van der Waals surface area (Å²) in [6.45, 7) is 6.23. The normalized spacial score (nSPS) is 12.4. The van der Waals surface area contributed by atoms with Crippen molar-refractivity contribution in [2.75, 3.05) is 22.9 Å². The lowest BCUT2D eigenvalue weighted by Crippen LogP contribution is -2.49. The van der Waals surface area contributed by atoms with Crippen LogP contribution in [-0.4, -0.2) is 38.9 Å². The molecule has 2 aromatic rings. The molecule has 0 saturated carbocycles. The van der Waals surface area contributed by atoms with Gasteiger partial charge in [-0.3, -0.25) is 9.10 Å². The molecule has 0 aliphatic heterocycles. The number of sulfonamides is 1. The molecule has 1 amide bonds. The highest BCUT2D eigenvalue weighted by atomic mass is 32.2. The van der Waals surface area contributed by atoms with Crippen LogP contribution >= 0.6 is 11.8 Å². The van der Waals surface area contributed by atoms with Crippen LogP contribution in [0.2, 0.25) is 0 Å². The van der Waals surface area contributed by atoms with Gasteiger partial charge in [-0.15, -0.1) is 0 Å². The average molecular weight is 435 g/mol. The van der Waals surface area contributed by atoms with E-state index in [1.807, 2.05) is 51.1 Å². The highest BCUT2D eigenvalue weighted by Gasteiger charge is 2.31. The smallest absolute Gasteiger partial charge is 0.243 e. The van der Waals surface area contributed by atoms with Crippen molar-refractivity contribution in [1.82, 2.24) is 5.32 Å². The van der Waals surface area contributed by atoms with E-state index < -0.39 is 16.1 Å². The van der Waals surface area contributed by atoms with Crippen molar-refractivity contribution in [3.8, 4) is 0 Å². The quantitative estimate of drug-likeness (QED) is 0.576. The zero-order chi connectivity index (χ0) is 21.4. The fraction of sp³-hybridized carbons (Fsp3) is 0.409. The Labute approximate surface area is 178 Å². The monoisotopic (exact) mass is 434 g/mol. The average Bonchev–Trinajstić information content (AvgIpc) is 2.67. The van der Waals surface area contributed by atoms with Gasteiger partial charge >= 0.3 is 0 Å². The molecule has 2 aromatic carbocycles. The molecule has 0 aliphatic rings. The minimum Gasteiger partial charge on any atom is -0.353 e. The van der Waals surface area contributed by atoms with Crippen molar-refractivity contribution in [1.29, 1.82) is 0 Å². The highest BCUT2D eigenvalue weighted by molar-refractivity contribution is 7.98. The van der Waals surface area contributed by atoms with Gasteiger partial charge in [-0.1, -0.05) is 43.3 Å². The molecule has 29 heavy (non-hydrogen) atoms. The summed E-state index contributed by atoms with van der Waals surface area (Å²) in [5.41, 5.74) is 3.84. The third kappa shape index (κ3) is 6.78. The number of hydrogen-bond donors (Lipinski definition) is 1. The van der Waals surface area contributed by atoms with Crippen molar-refractivity contribution in [2.24, 2.45) is 0 Å². The van der Waals surface area contributed by atoms with Gasteiger partial charge in [0.25, 0.3) is 0 Å². The third-order valence-electron chi connectivity index (χ3n) is 4.73. The van der Waals surface area contributed by atoms with Crippen molar-refractivity contribution < 1.29 is 13.2 Å². The van der Waals surface area contributed by atoms with Crippen LogP contribution in [0.1, 0.15) is 30.0 Å². The molecule has 7 heteroatoms. The van der Waals surface area contributed by atoms with E-state index in [1.54, 1.807) is 17.8 Å². The number of nitrogens with zero attached hydrogens (tertiary/aromatic N) is 1. The Balaban J connectivity index is 2.01. The first-order chi connectivity index (χ1) is 13.7. The fourth-order valence-electron chi connectivity index (χ4n) is 3.05. The second kappa shape index (κ2) is 10.7. The van der Waals surface area contributed by atoms with Crippen LogP contribution in [0.25, 0.3) is 0 Å². The van der Waals surface area contributed by atoms with Crippen LogP contribution in [0.4, 0.5) is 5.69 Å². The molecule has 0 unspecified atom stereocenters. The van der Waals surface area contributed by atoms with Crippen LogP contribution in [-0.2, 0) is 20.6 Å². The molecule has 1 atom stereocenters. The Morgan fingerprint density at radius 1 is 1.10 bits per heavy atom. The van der Waals surface area contributed by atoms with Crippen LogP contribution in [0.3, 0.4) is 0 Å². The van der Waals surface area contributed by atoms with E-state index in [1.165, 1.54) is 9.87 Å². The molecule has 0 bridgehead atoms. The Kier molecular flexibility index (Phi) is 8.59. The molecule has 0 saturated heterocycles. The van der Waals surface area contributed by atoms with E-state index in [2.05, 4.69) is 17.4 Å². The van der Waals surface area contributed by atoms with Gasteiger partial charge < -0.3 is 5.32 Å². The van der Waals surface area contributed by atoms with E-state index in [4.69, 9.17) is 0 Å². The Morgan fingerprint density at radius 2 is 1.79 bits per heavy atom. The standard InChI is InChI=1S/C22H30N2O3S2/c1-5-21(22(25)23-13-14-28-16-19-9-7-6-8-10-19)24(29(4,26)27)20-12-11-17(2)18(3)15-20/h6-12,15,21H,5,13-14,16H2,1-4H3,(H,23,25)/t21-/m1/s1. The summed E-state index contributed by atoms with van der Waals surface area (Å²) in [6.07, 6.45) is 1.54. The van der Waals surface area contributed by atoms with Crippen LogP contribution < -0.4 is 9.62 Å². The zero-order valence-electron chi connectivity index (χ0n) is 17.5. The van der Waals surface area contributed by atoms with Crippen molar-refractivity contribution in [2.45, 2.75) is 39.0 Å². The summed E-state index contributed by atoms with van der Waals surface area (Å²) in [5, 5.41) is 2.90. The van der Waals surface area contributed by atoms with Gasteiger partial charge in [-0.2, -0.15) is 11.8 Å². The van der Waals surface area contributed by atoms with E-state index >= 15 is 0 Å². The van der Waals surface area contributed by atoms with Crippen molar-refractivity contribution in [3.05, 3.63) is 65.2 Å². The largest absolute Gasteiger partial charge is 0.353 e. The second-order valence-corrected chi connectivity index (χ2v) is 10.0. The first-order valence-electron chi connectivity index (χ1n) is 9.70. The van der Waals surface area contributed by atoms with E-state index in [-0.39, 0.29) is 5.91 Å². The van der Waals surface area contributed by atoms with Gasteiger partial charge in [0.05, 0.1) is 11.9 Å². The zero-order valence-corrected chi connectivity index (χ0v) is 19.1. The lowest BCUT2D eigenvalue weighted by molar-refractivity contribution is -0.122. The number of hydrogen-bond acceptors (Lipinski definition) is 4. The first kappa shape index (κ1) is 23.3. The molecule has 0 aliphatic carbocycles. The molecule has 0 spiro atoms. The molecule has 0 aromatic heterocycles. The van der Waals surface area contributed by atoms with Gasteiger partial charge in [0.1, 0.15) is 6.04 Å². The SMILES string of the molecule is CC[C@H](C(=O)NCCSCc1ccccc1)N(c1ccc(C)c(C)c1)S(C)(=O)=O. The summed E-state index contributed by atoms with van der Waals surface area (Å²) >= 11 is 1.73. The lowest BCUT2D eigenvalue weighted by Gasteiger charge is -2.30. The molecule has 0 heterocycles. The minimum atomic E-state index is -3.61. The summed E-state index contributed by atoms with van der Waals surface area (Å²) in [6, 6.07) is 14.9. The molecular formula is C22H30N2O3S2. The van der Waals surface area contributed by atoms with Gasteiger partial charge in [0.15, 0.2) is 0 Å². The highest BCUT2D eigenvalue weighted by Crippen LogP contribution is 2.25. The third-order valence-corrected chi connectivity index (χ3v) is 6.94. The second-order valence-electron chi connectivity index (χ2n) is 7.08. The van der Waals surface area contributed by atoms with Gasteiger partial charge in [-0.05, 0) is 49.1 Å². The maximum absolute atomic E-state index is 12.8. The number of carbonyl (C=O) groups excluding carboxylic acids is 1. The number of rotatable bonds is 10. The van der Waals surface area contributed by atoms with Gasteiger partial charge in [0.2, 0.25) is 15.9 Å². The Hall–Kier alpha value is -1.99. The van der Waals surface area contributed by atoms with Crippen molar-refractivity contribution in [3.63, 3.8) is 0 Å². The van der Waals surface area contributed by atoms with Crippen molar-refractivity contribution >= 4 is 33.4 Å². The molecule has 0 fully saturated rings. The number of thioether (sulfide) groups is 1. The maximum Gasteiger partial charge on any atom is 0.243 e. The predicted molar refractivity (Wildman–Crippen MR) is 123 cm³/mol. The topological polar surface area (TPSA) is 66.5 Å². The maximum atomic E-state index is 12.8. The summed E-state index contributed by atoms with van der Waals surface area (Å²) in [5.74, 6) is 1.38. The van der Waals surface area contributed by atoms with E-state index in [9.17, 15) is 13.2 Å². The van der Waals surface area contributed by atoms with Gasteiger partial charge in [-0.25, -0.2) is 8.42 Å². The number of nitrogens with one attached hydrogen (secondary N) is 1. The fourth-order valence-corrected chi connectivity index (χ4v) is 5.07. The van der Waals surface area contributed by atoms with E-state index in [0.717, 1.165) is 28.9 Å². The summed E-state index contributed by atoms with van der Waals surface area (Å²) in [4.78, 5) is 12.8. The van der Waals surface area contributed by atoms with Crippen LogP contribution in [0, 0.1) is 13.8 Å². The molecular weight excluding hydrogens is 404 g/mol. The molecule has 5 nitrogen and oxygen atoms in total. The molecule has 1 N–H and O–H groups in total. The van der Waals surface area contributed by atoms with Gasteiger partial charge in [0, 0.05) is 18.1 Å². The molecule has 0 radical (unpaired) electrons. The Bertz CT molecular complexity index is 915. The molecule has 2 rings (SSSR count). The summed E-state index contributed by atoms with van der Waals surface area (Å²) in [7, 11) is -3.61. The van der Waals surface area contributed by atoms with Crippen LogP contribution in [0.15, 0.2) is 48.5 Å². The number of carbonyl (C=O) groups is 1. The van der Waals surface area contributed by atoms with E-state index in [0.29, 0.717) is 18.7 Å². The number of aryl methyl sites for hydroxylation is 2. The number of amides is 1. The first-order valence-corrected chi connectivity index (χ1v) is 12.7. The number of anilines is 1. The Morgan fingerprint density at radius 3 is 2.38 bits per heavy atom. The predicted octanol–water partition coefficient (Wildman–Crippen LogP) is 3.90. The number of benzene rings is 2. The lowest BCUT2D eigenvalue weighted by atomic mass is 10.1. The molecule has 158 valence electrons. The van der Waals surface area contributed by atoms with Crippen LogP contribution in [0.5, 0.6) is 0 Å².